The van der Waals surface area contributed by atoms with Crippen molar-refractivity contribution in [1.82, 2.24) is 9.97 Å². The van der Waals surface area contributed by atoms with E-state index in [2.05, 4.69) is 53.4 Å². The molecule has 2 aromatic heterocycles. The quantitative estimate of drug-likeness (QED) is 0.457. The summed E-state index contributed by atoms with van der Waals surface area (Å²) in [6.07, 6.45) is 1.63. The van der Waals surface area contributed by atoms with Crippen molar-refractivity contribution in [1.29, 1.82) is 0 Å². The van der Waals surface area contributed by atoms with Crippen LogP contribution in [0.3, 0.4) is 0 Å². The van der Waals surface area contributed by atoms with Crippen LogP contribution in [0.25, 0.3) is 21.3 Å². The van der Waals surface area contributed by atoms with Gasteiger partial charge in [-0.25, -0.2) is 9.97 Å². The highest BCUT2D eigenvalue weighted by molar-refractivity contribution is 7.19. The first-order chi connectivity index (χ1) is 13.2. The number of para-hydroxylation sites is 1. The smallest absolute Gasteiger partial charge is 0.143 e. The fraction of sp³-hybridized carbons (Fsp3) is 0.182. The van der Waals surface area contributed by atoms with E-state index in [0.717, 1.165) is 33.0 Å². The summed E-state index contributed by atoms with van der Waals surface area (Å²) in [6.45, 7) is 6.88. The van der Waals surface area contributed by atoms with E-state index in [0.29, 0.717) is 6.61 Å². The number of aromatic nitrogens is 2. The first kappa shape index (κ1) is 17.5. The molecule has 1 N–H and O–H groups in total. The van der Waals surface area contributed by atoms with Crippen molar-refractivity contribution >= 4 is 33.1 Å². The van der Waals surface area contributed by atoms with Crippen LogP contribution in [0.5, 0.6) is 5.75 Å². The molecule has 0 spiro atoms. The van der Waals surface area contributed by atoms with Gasteiger partial charge in [-0.2, -0.15) is 0 Å². The Morgan fingerprint density at radius 3 is 2.52 bits per heavy atom. The maximum Gasteiger partial charge on any atom is 0.143 e. The normalized spacial score (nSPS) is 10.9. The summed E-state index contributed by atoms with van der Waals surface area (Å²) < 4.78 is 5.58. The summed E-state index contributed by atoms with van der Waals surface area (Å²) in [7, 11) is 0. The molecule has 136 valence electrons. The van der Waals surface area contributed by atoms with Gasteiger partial charge >= 0.3 is 0 Å². The molecule has 0 fully saturated rings. The molecule has 2 heterocycles. The van der Waals surface area contributed by atoms with Gasteiger partial charge in [0, 0.05) is 16.1 Å². The molecule has 0 amide bonds. The van der Waals surface area contributed by atoms with Crippen LogP contribution < -0.4 is 10.1 Å². The minimum absolute atomic E-state index is 0.665. The van der Waals surface area contributed by atoms with Gasteiger partial charge in [-0.1, -0.05) is 30.3 Å². The van der Waals surface area contributed by atoms with Gasteiger partial charge in [0.2, 0.25) is 0 Å². The summed E-state index contributed by atoms with van der Waals surface area (Å²) >= 11 is 1.69. The molecule has 0 aliphatic carbocycles. The summed E-state index contributed by atoms with van der Waals surface area (Å²) in [4.78, 5) is 11.3. The lowest BCUT2D eigenvalue weighted by molar-refractivity contribution is 0.340. The Bertz CT molecular complexity index is 1090. The van der Waals surface area contributed by atoms with Crippen LogP contribution in [-0.4, -0.2) is 16.6 Å². The molecule has 27 heavy (non-hydrogen) atoms. The first-order valence-corrected chi connectivity index (χ1v) is 9.79. The van der Waals surface area contributed by atoms with Crippen molar-refractivity contribution in [3.05, 3.63) is 65.3 Å². The molecule has 0 aliphatic rings. The average molecular weight is 375 g/mol. The number of hydrogen-bond acceptors (Lipinski definition) is 5. The van der Waals surface area contributed by atoms with Gasteiger partial charge in [-0.15, -0.1) is 11.3 Å². The third kappa shape index (κ3) is 3.38. The molecule has 0 radical (unpaired) electrons. The molecule has 4 rings (SSSR count). The minimum atomic E-state index is 0.665. The fourth-order valence-corrected chi connectivity index (χ4v) is 4.22. The van der Waals surface area contributed by atoms with E-state index in [1.165, 1.54) is 16.0 Å². The zero-order chi connectivity index (χ0) is 18.8. The number of ether oxygens (including phenoxy) is 1. The number of thiophene rings is 1. The predicted molar refractivity (Wildman–Crippen MR) is 113 cm³/mol. The third-order valence-electron chi connectivity index (χ3n) is 4.52. The molecule has 0 atom stereocenters. The van der Waals surface area contributed by atoms with Gasteiger partial charge in [0.15, 0.2) is 0 Å². The van der Waals surface area contributed by atoms with Gasteiger partial charge in [0.1, 0.15) is 22.7 Å². The van der Waals surface area contributed by atoms with Crippen LogP contribution in [0.4, 0.5) is 11.5 Å². The Kier molecular flexibility index (Phi) is 4.77. The molecule has 2 aromatic carbocycles. The summed E-state index contributed by atoms with van der Waals surface area (Å²) in [6, 6.07) is 16.5. The van der Waals surface area contributed by atoms with Crippen LogP contribution in [-0.2, 0) is 0 Å². The molecule has 0 saturated carbocycles. The summed E-state index contributed by atoms with van der Waals surface area (Å²) in [5.41, 5.74) is 4.55. The van der Waals surface area contributed by atoms with Crippen molar-refractivity contribution in [3.63, 3.8) is 0 Å². The number of benzene rings is 2. The van der Waals surface area contributed by atoms with E-state index in [4.69, 9.17) is 4.74 Å². The van der Waals surface area contributed by atoms with Crippen molar-refractivity contribution in [2.75, 3.05) is 11.9 Å². The SMILES string of the molecule is CCOc1ccc(-c2c(C)sc3ncnc(Nc4ccccc4C)c23)cc1. The average Bonchev–Trinajstić information content (AvgIpc) is 3.01. The maximum atomic E-state index is 5.58. The molecule has 4 aromatic rings. The minimum Gasteiger partial charge on any atom is -0.494 e. The lowest BCUT2D eigenvalue weighted by Crippen LogP contribution is -1.97. The monoisotopic (exact) mass is 375 g/mol. The number of aryl methyl sites for hydroxylation is 2. The Balaban J connectivity index is 1.84. The largest absolute Gasteiger partial charge is 0.494 e. The zero-order valence-electron chi connectivity index (χ0n) is 15.6. The standard InChI is InChI=1S/C22H21N3OS/c1-4-26-17-11-9-16(10-12-17)19-15(3)27-22-20(19)21(23-13-24-22)25-18-8-6-5-7-14(18)2/h5-13H,4H2,1-3H3,(H,23,24,25). The van der Waals surface area contributed by atoms with E-state index in [1.807, 2.05) is 31.2 Å². The van der Waals surface area contributed by atoms with E-state index < -0.39 is 0 Å². The van der Waals surface area contributed by atoms with Crippen LogP contribution >= 0.6 is 11.3 Å². The van der Waals surface area contributed by atoms with Crippen LogP contribution in [0.2, 0.25) is 0 Å². The highest BCUT2D eigenvalue weighted by atomic mass is 32.1. The highest BCUT2D eigenvalue weighted by Gasteiger charge is 2.17. The van der Waals surface area contributed by atoms with Crippen molar-refractivity contribution < 1.29 is 4.74 Å². The molecule has 5 heteroatoms. The summed E-state index contributed by atoms with van der Waals surface area (Å²) in [5, 5.41) is 4.56. The van der Waals surface area contributed by atoms with Gasteiger partial charge in [0.05, 0.1) is 12.0 Å². The Morgan fingerprint density at radius 1 is 1.00 bits per heavy atom. The van der Waals surface area contributed by atoms with E-state index in [1.54, 1.807) is 17.7 Å². The van der Waals surface area contributed by atoms with Crippen molar-refractivity contribution in [3.8, 4) is 16.9 Å². The second kappa shape index (κ2) is 7.37. The van der Waals surface area contributed by atoms with Crippen LogP contribution in [0.15, 0.2) is 54.9 Å². The number of fused-ring (bicyclic) bond motifs is 1. The maximum absolute atomic E-state index is 5.58. The Labute approximate surface area is 162 Å². The second-order valence-electron chi connectivity index (χ2n) is 6.33. The zero-order valence-corrected chi connectivity index (χ0v) is 16.4. The third-order valence-corrected chi connectivity index (χ3v) is 5.53. The van der Waals surface area contributed by atoms with Crippen LogP contribution in [0.1, 0.15) is 17.4 Å². The number of hydrogen-bond donors (Lipinski definition) is 1. The number of rotatable bonds is 5. The first-order valence-electron chi connectivity index (χ1n) is 8.97. The molecular formula is C22H21N3OS. The molecule has 0 saturated heterocycles. The molecule has 0 unspecified atom stereocenters. The van der Waals surface area contributed by atoms with Crippen molar-refractivity contribution in [2.45, 2.75) is 20.8 Å². The lowest BCUT2D eigenvalue weighted by atomic mass is 10.0. The van der Waals surface area contributed by atoms with E-state index in [-0.39, 0.29) is 0 Å². The number of nitrogens with one attached hydrogen (secondary N) is 1. The van der Waals surface area contributed by atoms with E-state index >= 15 is 0 Å². The molecule has 0 bridgehead atoms. The predicted octanol–water partition coefficient (Wildman–Crippen LogP) is 6.12. The van der Waals surface area contributed by atoms with Gasteiger partial charge in [-0.05, 0) is 50.1 Å². The lowest BCUT2D eigenvalue weighted by Gasteiger charge is -2.11. The molecular weight excluding hydrogens is 354 g/mol. The summed E-state index contributed by atoms with van der Waals surface area (Å²) in [5.74, 6) is 1.72. The van der Waals surface area contributed by atoms with Gasteiger partial charge in [-0.3, -0.25) is 0 Å². The number of nitrogens with zero attached hydrogens (tertiary/aromatic N) is 2. The fourth-order valence-electron chi connectivity index (χ4n) is 3.21. The topological polar surface area (TPSA) is 47.0 Å². The van der Waals surface area contributed by atoms with Gasteiger partial charge < -0.3 is 10.1 Å². The Morgan fingerprint density at radius 2 is 1.78 bits per heavy atom. The molecule has 4 nitrogen and oxygen atoms in total. The van der Waals surface area contributed by atoms with Crippen molar-refractivity contribution in [2.24, 2.45) is 0 Å². The second-order valence-corrected chi connectivity index (χ2v) is 7.54. The highest BCUT2D eigenvalue weighted by Crippen LogP contribution is 2.41. The van der Waals surface area contributed by atoms with Gasteiger partial charge in [0.25, 0.3) is 0 Å². The number of anilines is 2. The van der Waals surface area contributed by atoms with Crippen LogP contribution in [0, 0.1) is 13.8 Å². The Hall–Kier alpha value is -2.92. The van der Waals surface area contributed by atoms with E-state index in [9.17, 15) is 0 Å². The molecule has 0 aliphatic heterocycles.